The highest BCUT2D eigenvalue weighted by Gasteiger charge is 2.24. The van der Waals surface area contributed by atoms with Crippen LogP contribution in [0, 0.1) is 0 Å². The van der Waals surface area contributed by atoms with E-state index in [1.807, 2.05) is 6.92 Å². The van der Waals surface area contributed by atoms with E-state index < -0.39 is 0 Å². The molecule has 1 aliphatic heterocycles. The number of hydrogen-bond acceptors (Lipinski definition) is 4. The fraction of sp³-hybridized carbons (Fsp3) is 0.929. The minimum Gasteiger partial charge on any atom is -0.466 e. The van der Waals surface area contributed by atoms with Crippen LogP contribution in [-0.2, 0) is 9.53 Å². The molecule has 4 nitrogen and oxygen atoms in total. The predicted molar refractivity (Wildman–Crippen MR) is 73.6 cm³/mol. The summed E-state index contributed by atoms with van der Waals surface area (Å²) >= 11 is 0. The van der Waals surface area contributed by atoms with E-state index in [0.717, 1.165) is 26.2 Å². The zero-order valence-electron chi connectivity index (χ0n) is 12.3. The number of carbonyl (C=O) groups excluding carboxylic acids is 1. The molecular formula is C14H28N2O2. The zero-order chi connectivity index (χ0) is 13.5. The van der Waals surface area contributed by atoms with Crippen LogP contribution in [0.25, 0.3) is 0 Å². The first kappa shape index (κ1) is 15.4. The third kappa shape index (κ3) is 4.58. The topological polar surface area (TPSA) is 32.8 Å². The summed E-state index contributed by atoms with van der Waals surface area (Å²) in [5.74, 6) is -0.0747. The van der Waals surface area contributed by atoms with Gasteiger partial charge in [0.1, 0.15) is 0 Å². The molecule has 0 spiro atoms. The van der Waals surface area contributed by atoms with Gasteiger partial charge in [-0.3, -0.25) is 14.6 Å². The molecule has 18 heavy (non-hydrogen) atoms. The maximum atomic E-state index is 11.5. The molecule has 1 aliphatic rings. The van der Waals surface area contributed by atoms with Crippen molar-refractivity contribution in [3.63, 3.8) is 0 Å². The lowest BCUT2D eigenvalue weighted by atomic mass is 10.1. The van der Waals surface area contributed by atoms with Crippen LogP contribution in [0.4, 0.5) is 0 Å². The van der Waals surface area contributed by atoms with E-state index in [2.05, 4.69) is 30.6 Å². The van der Waals surface area contributed by atoms with Crippen molar-refractivity contribution in [3.05, 3.63) is 0 Å². The van der Waals surface area contributed by atoms with Gasteiger partial charge in [-0.2, -0.15) is 0 Å². The first-order chi connectivity index (χ1) is 8.58. The minimum absolute atomic E-state index is 0.0747. The van der Waals surface area contributed by atoms with Gasteiger partial charge in [0.2, 0.25) is 0 Å². The van der Waals surface area contributed by atoms with E-state index in [1.54, 1.807) is 0 Å². The third-order valence-corrected chi connectivity index (χ3v) is 3.95. The summed E-state index contributed by atoms with van der Waals surface area (Å²) in [4.78, 5) is 16.4. The van der Waals surface area contributed by atoms with E-state index in [9.17, 15) is 4.79 Å². The molecule has 0 radical (unpaired) electrons. The van der Waals surface area contributed by atoms with Crippen molar-refractivity contribution in [2.45, 2.75) is 52.6 Å². The average molecular weight is 256 g/mol. The molecule has 0 bridgehead atoms. The van der Waals surface area contributed by atoms with Crippen LogP contribution < -0.4 is 0 Å². The van der Waals surface area contributed by atoms with Gasteiger partial charge in [-0.15, -0.1) is 0 Å². The SMILES string of the molecule is CCOC(=O)CC(C)N1CCN(C(C)CC)CC1. The van der Waals surface area contributed by atoms with Crippen molar-refractivity contribution in [2.75, 3.05) is 32.8 Å². The molecule has 0 amide bonds. The molecule has 1 saturated heterocycles. The molecule has 4 heteroatoms. The highest BCUT2D eigenvalue weighted by molar-refractivity contribution is 5.70. The van der Waals surface area contributed by atoms with Gasteiger partial charge in [-0.05, 0) is 27.2 Å². The third-order valence-electron chi connectivity index (χ3n) is 3.95. The Balaban J connectivity index is 2.31. The first-order valence-electron chi connectivity index (χ1n) is 7.22. The number of rotatable bonds is 6. The van der Waals surface area contributed by atoms with Crippen molar-refractivity contribution >= 4 is 5.97 Å². The fourth-order valence-electron chi connectivity index (χ4n) is 2.47. The molecule has 1 fully saturated rings. The Hall–Kier alpha value is -0.610. The molecule has 0 aromatic heterocycles. The van der Waals surface area contributed by atoms with E-state index in [4.69, 9.17) is 4.74 Å². The maximum absolute atomic E-state index is 11.5. The van der Waals surface area contributed by atoms with Crippen LogP contribution in [0.5, 0.6) is 0 Å². The quantitative estimate of drug-likeness (QED) is 0.678. The normalized spacial score (nSPS) is 21.6. The van der Waals surface area contributed by atoms with Crippen LogP contribution in [0.15, 0.2) is 0 Å². The van der Waals surface area contributed by atoms with Gasteiger partial charge < -0.3 is 4.74 Å². The lowest BCUT2D eigenvalue weighted by Crippen LogP contribution is -2.52. The number of carbonyl (C=O) groups is 1. The predicted octanol–water partition coefficient (Wildman–Crippen LogP) is 1.74. The standard InChI is InChI=1S/C14H28N2O2/c1-5-12(3)15-7-9-16(10-8-15)13(4)11-14(17)18-6-2/h12-13H,5-11H2,1-4H3. The molecule has 2 unspecified atom stereocenters. The van der Waals surface area contributed by atoms with Gasteiger partial charge >= 0.3 is 5.97 Å². The monoisotopic (exact) mass is 256 g/mol. The van der Waals surface area contributed by atoms with Crippen molar-refractivity contribution < 1.29 is 9.53 Å². The molecular weight excluding hydrogens is 228 g/mol. The van der Waals surface area contributed by atoms with Crippen molar-refractivity contribution in [1.29, 1.82) is 0 Å². The van der Waals surface area contributed by atoms with Gasteiger partial charge in [-0.1, -0.05) is 6.92 Å². The lowest BCUT2D eigenvalue weighted by molar-refractivity contribution is -0.144. The molecule has 0 aromatic rings. The summed E-state index contributed by atoms with van der Waals surface area (Å²) in [5, 5.41) is 0. The minimum atomic E-state index is -0.0747. The summed E-state index contributed by atoms with van der Waals surface area (Å²) in [7, 11) is 0. The summed E-state index contributed by atoms with van der Waals surface area (Å²) in [6.45, 7) is 13.3. The zero-order valence-corrected chi connectivity index (χ0v) is 12.3. The second kappa shape index (κ2) is 7.74. The van der Waals surface area contributed by atoms with E-state index in [-0.39, 0.29) is 5.97 Å². The largest absolute Gasteiger partial charge is 0.466 e. The Morgan fingerprint density at radius 1 is 1.06 bits per heavy atom. The molecule has 1 heterocycles. The van der Waals surface area contributed by atoms with Crippen LogP contribution in [0.2, 0.25) is 0 Å². The number of hydrogen-bond donors (Lipinski definition) is 0. The van der Waals surface area contributed by atoms with Gasteiger partial charge in [0, 0.05) is 38.3 Å². The van der Waals surface area contributed by atoms with E-state index in [0.29, 0.717) is 25.1 Å². The Bertz CT molecular complexity index is 250. The smallest absolute Gasteiger partial charge is 0.307 e. The molecule has 0 aliphatic carbocycles. The summed E-state index contributed by atoms with van der Waals surface area (Å²) in [6, 6.07) is 0.968. The molecule has 106 valence electrons. The molecule has 2 atom stereocenters. The highest BCUT2D eigenvalue weighted by atomic mass is 16.5. The van der Waals surface area contributed by atoms with Crippen LogP contribution in [-0.4, -0.2) is 60.6 Å². The van der Waals surface area contributed by atoms with Gasteiger partial charge in [0.15, 0.2) is 0 Å². The maximum Gasteiger partial charge on any atom is 0.307 e. The highest BCUT2D eigenvalue weighted by Crippen LogP contribution is 2.13. The Kier molecular flexibility index (Phi) is 6.65. The fourth-order valence-corrected chi connectivity index (χ4v) is 2.47. The van der Waals surface area contributed by atoms with Gasteiger partial charge in [0.25, 0.3) is 0 Å². The second-order valence-corrected chi connectivity index (χ2v) is 5.19. The van der Waals surface area contributed by atoms with Crippen molar-refractivity contribution in [2.24, 2.45) is 0 Å². The number of nitrogens with zero attached hydrogens (tertiary/aromatic N) is 2. The summed E-state index contributed by atoms with van der Waals surface area (Å²) < 4.78 is 5.00. The average Bonchev–Trinajstić information content (AvgIpc) is 2.38. The van der Waals surface area contributed by atoms with Crippen molar-refractivity contribution in [1.82, 2.24) is 9.80 Å². The molecule has 0 N–H and O–H groups in total. The Morgan fingerprint density at radius 2 is 1.56 bits per heavy atom. The first-order valence-corrected chi connectivity index (χ1v) is 7.22. The van der Waals surface area contributed by atoms with Gasteiger partial charge in [0.05, 0.1) is 13.0 Å². The van der Waals surface area contributed by atoms with E-state index >= 15 is 0 Å². The molecule has 1 rings (SSSR count). The number of piperazine rings is 1. The number of esters is 1. The Labute approximate surface area is 111 Å². The second-order valence-electron chi connectivity index (χ2n) is 5.19. The lowest BCUT2D eigenvalue weighted by Gasteiger charge is -2.40. The van der Waals surface area contributed by atoms with Crippen molar-refractivity contribution in [3.8, 4) is 0 Å². The van der Waals surface area contributed by atoms with E-state index in [1.165, 1.54) is 6.42 Å². The number of ether oxygens (including phenoxy) is 1. The van der Waals surface area contributed by atoms with Crippen LogP contribution in [0.1, 0.15) is 40.5 Å². The van der Waals surface area contributed by atoms with Crippen LogP contribution >= 0.6 is 0 Å². The van der Waals surface area contributed by atoms with Gasteiger partial charge in [-0.25, -0.2) is 0 Å². The molecule has 0 saturated carbocycles. The molecule has 0 aromatic carbocycles. The van der Waals surface area contributed by atoms with Crippen LogP contribution in [0.3, 0.4) is 0 Å². The Morgan fingerprint density at radius 3 is 2.00 bits per heavy atom. The summed E-state index contributed by atoms with van der Waals surface area (Å²) in [5.41, 5.74) is 0. The summed E-state index contributed by atoms with van der Waals surface area (Å²) in [6.07, 6.45) is 1.72.